The van der Waals surface area contributed by atoms with Crippen molar-refractivity contribution in [2.45, 2.75) is 26.3 Å². The summed E-state index contributed by atoms with van der Waals surface area (Å²) in [6.07, 6.45) is 0.281. The molecule has 0 spiro atoms. The summed E-state index contributed by atoms with van der Waals surface area (Å²) in [5.74, 6) is 0.320. The zero-order valence-corrected chi connectivity index (χ0v) is 13.1. The molecule has 0 radical (unpaired) electrons. The van der Waals surface area contributed by atoms with Crippen molar-refractivity contribution < 1.29 is 14.7 Å². The van der Waals surface area contributed by atoms with Gasteiger partial charge in [0.15, 0.2) is 0 Å². The average Bonchev–Trinajstić information content (AvgIpc) is 2.46. The Balaban J connectivity index is 3.03. The summed E-state index contributed by atoms with van der Waals surface area (Å²) in [7, 11) is 1.50. The normalized spacial score (nSPS) is 11.6. The number of hydrogen-bond donors (Lipinski definition) is 2. The number of carbonyl (C=O) groups excluding carboxylic acids is 1. The number of rotatable bonds is 6. The number of halogens is 1. The molecule has 6 nitrogen and oxygen atoms in total. The van der Waals surface area contributed by atoms with Crippen LogP contribution >= 0.6 is 11.6 Å². The number of oxime groups is 1. The first kappa shape index (κ1) is 17.1. The summed E-state index contributed by atoms with van der Waals surface area (Å²) < 4.78 is 5.20. The molecule has 0 atom stereocenters. The van der Waals surface area contributed by atoms with Crippen molar-refractivity contribution in [3.8, 4) is 5.75 Å². The van der Waals surface area contributed by atoms with E-state index >= 15 is 0 Å². The van der Waals surface area contributed by atoms with E-state index < -0.39 is 0 Å². The van der Waals surface area contributed by atoms with Gasteiger partial charge in [-0.25, -0.2) is 0 Å². The molecule has 0 aliphatic carbocycles. The first-order valence-corrected chi connectivity index (χ1v) is 6.89. The maximum atomic E-state index is 12.7. The summed E-state index contributed by atoms with van der Waals surface area (Å²) >= 11 is 5.95. The summed E-state index contributed by atoms with van der Waals surface area (Å²) in [6, 6.07) is 4.83. The second-order valence-electron chi connectivity index (χ2n) is 4.78. The molecule has 1 amide bonds. The summed E-state index contributed by atoms with van der Waals surface area (Å²) in [4.78, 5) is 14.3. The number of methoxy groups -OCH3 is 1. The molecule has 1 aromatic rings. The summed E-state index contributed by atoms with van der Waals surface area (Å²) in [5.41, 5.74) is 5.84. The van der Waals surface area contributed by atoms with E-state index in [0.29, 0.717) is 22.9 Å². The molecule has 0 aliphatic rings. The Hall–Kier alpha value is -1.95. The number of amidine groups is 1. The van der Waals surface area contributed by atoms with Crippen molar-refractivity contribution in [3.05, 3.63) is 28.8 Å². The van der Waals surface area contributed by atoms with Gasteiger partial charge in [0.1, 0.15) is 11.6 Å². The fourth-order valence-corrected chi connectivity index (χ4v) is 2.05. The second-order valence-corrected chi connectivity index (χ2v) is 5.21. The first-order valence-electron chi connectivity index (χ1n) is 6.51. The maximum absolute atomic E-state index is 12.7. The lowest BCUT2D eigenvalue weighted by Crippen LogP contribution is -2.39. The monoisotopic (exact) mass is 313 g/mol. The topological polar surface area (TPSA) is 88.2 Å². The molecular weight excluding hydrogens is 294 g/mol. The molecule has 0 fully saturated rings. The molecule has 0 saturated carbocycles. The smallest absolute Gasteiger partial charge is 0.257 e. The number of nitrogens with zero attached hydrogens (tertiary/aromatic N) is 2. The first-order chi connectivity index (χ1) is 9.90. The Morgan fingerprint density at radius 1 is 1.52 bits per heavy atom. The molecule has 1 rings (SSSR count). The fraction of sp³-hybridized carbons (Fsp3) is 0.429. The highest BCUT2D eigenvalue weighted by atomic mass is 35.5. The van der Waals surface area contributed by atoms with Crippen molar-refractivity contribution in [2.75, 3.05) is 13.7 Å². The molecule has 0 unspecified atom stereocenters. The number of carbonyl (C=O) groups is 1. The van der Waals surface area contributed by atoms with Crippen LogP contribution in [0.15, 0.2) is 23.4 Å². The van der Waals surface area contributed by atoms with Gasteiger partial charge >= 0.3 is 0 Å². The molecule has 0 aliphatic heterocycles. The minimum Gasteiger partial charge on any atom is -0.496 e. The van der Waals surface area contributed by atoms with Gasteiger partial charge in [0, 0.05) is 24.0 Å². The third kappa shape index (κ3) is 4.53. The maximum Gasteiger partial charge on any atom is 0.257 e. The van der Waals surface area contributed by atoms with E-state index in [-0.39, 0.29) is 24.2 Å². The Bertz CT molecular complexity index is 532. The minimum atomic E-state index is -0.213. The SMILES string of the molecule is COc1ccc(Cl)cc1C(=O)N(CCC(N)=NO)C(C)C. The number of nitrogens with two attached hydrogens (primary N) is 1. The molecule has 7 heteroatoms. The van der Waals surface area contributed by atoms with E-state index in [0.717, 1.165) is 0 Å². The third-order valence-electron chi connectivity index (χ3n) is 3.01. The van der Waals surface area contributed by atoms with Crippen molar-refractivity contribution in [2.24, 2.45) is 10.9 Å². The van der Waals surface area contributed by atoms with Crippen LogP contribution in [0.5, 0.6) is 5.75 Å². The average molecular weight is 314 g/mol. The van der Waals surface area contributed by atoms with Crippen LogP contribution in [0.3, 0.4) is 0 Å². The molecule has 0 heterocycles. The standard InChI is InChI=1S/C14H20ClN3O3/c1-9(2)18(7-6-13(16)17-20)14(19)11-8-10(15)4-5-12(11)21-3/h4-5,8-9,20H,6-7H2,1-3H3,(H2,16,17). The highest BCUT2D eigenvalue weighted by Crippen LogP contribution is 2.24. The third-order valence-corrected chi connectivity index (χ3v) is 3.25. The largest absolute Gasteiger partial charge is 0.496 e. The lowest BCUT2D eigenvalue weighted by molar-refractivity contribution is 0.0707. The van der Waals surface area contributed by atoms with Gasteiger partial charge in [-0.05, 0) is 32.0 Å². The van der Waals surface area contributed by atoms with Gasteiger partial charge in [-0.1, -0.05) is 16.8 Å². The molecule has 116 valence electrons. The summed E-state index contributed by atoms with van der Waals surface area (Å²) in [6.45, 7) is 4.12. The van der Waals surface area contributed by atoms with Crippen LogP contribution in [0, 0.1) is 0 Å². The molecule has 21 heavy (non-hydrogen) atoms. The zero-order valence-electron chi connectivity index (χ0n) is 12.3. The van der Waals surface area contributed by atoms with E-state index in [2.05, 4.69) is 5.16 Å². The molecule has 0 bridgehead atoms. The highest BCUT2D eigenvalue weighted by molar-refractivity contribution is 6.31. The number of amides is 1. The van der Waals surface area contributed by atoms with Crippen LogP contribution in [0.2, 0.25) is 5.02 Å². The van der Waals surface area contributed by atoms with E-state index in [1.54, 1.807) is 23.1 Å². The minimum absolute atomic E-state index is 0.0484. The van der Waals surface area contributed by atoms with Crippen LogP contribution in [0.1, 0.15) is 30.6 Å². The van der Waals surface area contributed by atoms with Crippen molar-refractivity contribution >= 4 is 23.3 Å². The zero-order chi connectivity index (χ0) is 16.0. The molecule has 3 N–H and O–H groups in total. The van der Waals surface area contributed by atoms with Gasteiger partial charge in [0.25, 0.3) is 5.91 Å². The van der Waals surface area contributed by atoms with Crippen LogP contribution in [0.25, 0.3) is 0 Å². The molecular formula is C14H20ClN3O3. The lowest BCUT2D eigenvalue weighted by Gasteiger charge is -2.27. The molecule has 0 saturated heterocycles. The Labute approximate surface area is 129 Å². The highest BCUT2D eigenvalue weighted by Gasteiger charge is 2.22. The van der Waals surface area contributed by atoms with E-state index in [1.165, 1.54) is 7.11 Å². The lowest BCUT2D eigenvalue weighted by atomic mass is 10.1. The predicted molar refractivity (Wildman–Crippen MR) is 82.2 cm³/mol. The van der Waals surface area contributed by atoms with Gasteiger partial charge in [0.2, 0.25) is 0 Å². The number of benzene rings is 1. The second kappa shape index (κ2) is 7.73. The summed E-state index contributed by atoms with van der Waals surface area (Å²) in [5, 5.41) is 12.0. The van der Waals surface area contributed by atoms with Gasteiger partial charge in [-0.3, -0.25) is 4.79 Å². The van der Waals surface area contributed by atoms with Crippen molar-refractivity contribution in [1.29, 1.82) is 0 Å². The fourth-order valence-electron chi connectivity index (χ4n) is 1.88. The van der Waals surface area contributed by atoms with Crippen LogP contribution in [-0.2, 0) is 0 Å². The van der Waals surface area contributed by atoms with E-state index in [1.807, 2.05) is 13.8 Å². The number of hydrogen-bond acceptors (Lipinski definition) is 4. The van der Waals surface area contributed by atoms with Gasteiger partial charge in [-0.15, -0.1) is 0 Å². The van der Waals surface area contributed by atoms with Crippen LogP contribution in [-0.4, -0.2) is 41.5 Å². The Morgan fingerprint density at radius 3 is 2.71 bits per heavy atom. The van der Waals surface area contributed by atoms with Gasteiger partial charge in [0.05, 0.1) is 12.7 Å². The predicted octanol–water partition coefficient (Wildman–Crippen LogP) is 2.34. The molecule has 0 aromatic heterocycles. The number of ether oxygens (including phenoxy) is 1. The van der Waals surface area contributed by atoms with Crippen molar-refractivity contribution in [3.63, 3.8) is 0 Å². The van der Waals surface area contributed by atoms with Gasteiger partial charge < -0.3 is 20.6 Å². The van der Waals surface area contributed by atoms with E-state index in [9.17, 15) is 4.79 Å². The molecule has 1 aromatic carbocycles. The Morgan fingerprint density at radius 2 is 2.19 bits per heavy atom. The van der Waals surface area contributed by atoms with Crippen LogP contribution < -0.4 is 10.5 Å². The quantitative estimate of drug-likeness (QED) is 0.365. The van der Waals surface area contributed by atoms with Gasteiger partial charge in [-0.2, -0.15) is 0 Å². The Kier molecular flexibility index (Phi) is 6.30. The van der Waals surface area contributed by atoms with Crippen LogP contribution in [0.4, 0.5) is 0 Å². The van der Waals surface area contributed by atoms with Crippen molar-refractivity contribution in [1.82, 2.24) is 4.90 Å². The van der Waals surface area contributed by atoms with E-state index in [4.69, 9.17) is 27.3 Å².